The molecule has 3 aromatic rings. The van der Waals surface area contributed by atoms with Gasteiger partial charge >= 0.3 is 0 Å². The first-order chi connectivity index (χ1) is 14.0. The van der Waals surface area contributed by atoms with Crippen molar-refractivity contribution in [1.82, 2.24) is 0 Å². The van der Waals surface area contributed by atoms with Crippen molar-refractivity contribution in [2.45, 2.75) is 13.5 Å². The summed E-state index contributed by atoms with van der Waals surface area (Å²) >= 11 is 3.51. The molecule has 0 aliphatic rings. The summed E-state index contributed by atoms with van der Waals surface area (Å²) in [5, 5.41) is 20.5. The third-order valence-electron chi connectivity index (χ3n) is 4.23. The largest absolute Gasteiger partial charge is 0.488 e. The molecule has 0 saturated carbocycles. The molecule has 0 bridgehead atoms. The van der Waals surface area contributed by atoms with Crippen LogP contribution in [0.3, 0.4) is 0 Å². The molecular weight excluding hydrogens is 432 g/mol. The Kier molecular flexibility index (Phi) is 6.43. The van der Waals surface area contributed by atoms with Crippen LogP contribution in [0, 0.1) is 28.4 Å². The minimum Gasteiger partial charge on any atom is -0.488 e. The number of benzene rings is 3. The summed E-state index contributed by atoms with van der Waals surface area (Å²) in [5.41, 5.74) is 3.83. The van der Waals surface area contributed by atoms with Gasteiger partial charge in [0.15, 0.2) is 0 Å². The molecule has 0 aliphatic carbocycles. The Morgan fingerprint density at radius 3 is 2.66 bits per heavy atom. The average Bonchev–Trinajstić information content (AvgIpc) is 2.71. The quantitative estimate of drug-likeness (QED) is 0.191. The zero-order valence-electron chi connectivity index (χ0n) is 15.6. The molecule has 0 fully saturated rings. The second-order valence-electron chi connectivity index (χ2n) is 6.44. The number of nitro groups is 1. The lowest BCUT2D eigenvalue weighted by molar-refractivity contribution is -0.384. The van der Waals surface area contributed by atoms with Crippen LogP contribution in [0.5, 0.6) is 5.75 Å². The first-order valence-corrected chi connectivity index (χ1v) is 9.60. The van der Waals surface area contributed by atoms with Crippen LogP contribution in [-0.4, -0.2) is 4.92 Å². The fourth-order valence-corrected chi connectivity index (χ4v) is 3.33. The summed E-state index contributed by atoms with van der Waals surface area (Å²) in [6, 6.07) is 21.8. The first-order valence-electron chi connectivity index (χ1n) is 8.81. The van der Waals surface area contributed by atoms with E-state index in [-0.39, 0.29) is 5.69 Å². The molecule has 3 aromatic carbocycles. The number of nitro benzene ring substituents is 1. The number of halogens is 1. The normalized spacial score (nSPS) is 11.0. The van der Waals surface area contributed by atoms with Crippen molar-refractivity contribution in [2.75, 3.05) is 0 Å². The maximum absolute atomic E-state index is 11.0. The Balaban J connectivity index is 1.80. The van der Waals surface area contributed by atoms with Gasteiger partial charge in [-0.1, -0.05) is 48.0 Å². The third kappa shape index (κ3) is 5.31. The molecule has 0 aliphatic heterocycles. The standard InChI is InChI=1S/C23H17BrN2O3/c1-16-4-2-5-18(10-16)15-29-23-9-8-17(12-22(23)24)11-20(14-25)19-6-3-7-21(13-19)26(27)28/h2-13H,15H2,1H3. The van der Waals surface area contributed by atoms with E-state index in [1.54, 1.807) is 18.2 Å². The van der Waals surface area contributed by atoms with Crippen LogP contribution < -0.4 is 4.74 Å². The Morgan fingerprint density at radius 2 is 1.97 bits per heavy atom. The fraction of sp³-hybridized carbons (Fsp3) is 0.0870. The SMILES string of the molecule is Cc1cccc(COc2ccc(C=C(C#N)c3cccc([N+](=O)[O-])c3)cc2Br)c1. The number of aryl methyl sites for hydroxylation is 1. The number of nitrogens with zero attached hydrogens (tertiary/aromatic N) is 2. The molecular formula is C23H17BrN2O3. The predicted molar refractivity (Wildman–Crippen MR) is 116 cm³/mol. The van der Waals surface area contributed by atoms with Gasteiger partial charge < -0.3 is 4.74 Å². The summed E-state index contributed by atoms with van der Waals surface area (Å²) in [7, 11) is 0. The Morgan fingerprint density at radius 1 is 1.17 bits per heavy atom. The molecule has 0 saturated heterocycles. The highest BCUT2D eigenvalue weighted by atomic mass is 79.9. The van der Waals surface area contributed by atoms with E-state index in [0.717, 1.165) is 15.6 Å². The highest BCUT2D eigenvalue weighted by Gasteiger charge is 2.10. The van der Waals surface area contributed by atoms with Crippen LogP contribution in [0.25, 0.3) is 11.6 Å². The maximum atomic E-state index is 11.0. The number of nitriles is 1. The van der Waals surface area contributed by atoms with Gasteiger partial charge in [0.05, 0.1) is 21.0 Å². The van der Waals surface area contributed by atoms with E-state index in [0.29, 0.717) is 23.5 Å². The minimum atomic E-state index is -0.477. The predicted octanol–water partition coefficient (Wildman–Crippen LogP) is 6.31. The van der Waals surface area contributed by atoms with Crippen molar-refractivity contribution in [3.05, 3.63) is 104 Å². The van der Waals surface area contributed by atoms with Gasteiger partial charge in [-0.15, -0.1) is 0 Å². The van der Waals surface area contributed by atoms with E-state index in [1.165, 1.54) is 17.7 Å². The van der Waals surface area contributed by atoms with Crippen molar-refractivity contribution in [2.24, 2.45) is 0 Å². The fourth-order valence-electron chi connectivity index (χ4n) is 2.82. The number of non-ortho nitro benzene ring substituents is 1. The van der Waals surface area contributed by atoms with Crippen LogP contribution in [0.4, 0.5) is 5.69 Å². The Labute approximate surface area is 177 Å². The van der Waals surface area contributed by atoms with E-state index in [9.17, 15) is 15.4 Å². The number of rotatable bonds is 6. The number of hydrogen-bond donors (Lipinski definition) is 0. The molecule has 0 amide bonds. The highest BCUT2D eigenvalue weighted by molar-refractivity contribution is 9.10. The van der Waals surface area contributed by atoms with Gasteiger partial charge in [-0.25, -0.2) is 0 Å². The molecule has 5 nitrogen and oxygen atoms in total. The summed E-state index contributed by atoms with van der Waals surface area (Å²) < 4.78 is 6.64. The molecule has 0 heterocycles. The number of hydrogen-bond acceptors (Lipinski definition) is 4. The van der Waals surface area contributed by atoms with Crippen molar-refractivity contribution in [3.63, 3.8) is 0 Å². The third-order valence-corrected chi connectivity index (χ3v) is 4.85. The van der Waals surface area contributed by atoms with Crippen LogP contribution in [-0.2, 0) is 6.61 Å². The van der Waals surface area contributed by atoms with Gasteiger partial charge in [0.1, 0.15) is 12.4 Å². The number of ether oxygens (including phenoxy) is 1. The molecule has 144 valence electrons. The molecule has 29 heavy (non-hydrogen) atoms. The van der Waals surface area contributed by atoms with E-state index in [1.807, 2.05) is 43.3 Å². The van der Waals surface area contributed by atoms with Crippen LogP contribution in [0.15, 0.2) is 71.2 Å². The lowest BCUT2D eigenvalue weighted by Gasteiger charge is -2.10. The molecule has 0 aromatic heterocycles. The minimum absolute atomic E-state index is 0.0512. The van der Waals surface area contributed by atoms with Gasteiger partial charge in [-0.3, -0.25) is 10.1 Å². The Hall–Kier alpha value is -3.43. The van der Waals surface area contributed by atoms with Gasteiger partial charge in [-0.05, 0) is 57.8 Å². The zero-order chi connectivity index (χ0) is 20.8. The molecule has 3 rings (SSSR count). The molecule has 0 atom stereocenters. The average molecular weight is 449 g/mol. The summed E-state index contributed by atoms with van der Waals surface area (Å²) in [4.78, 5) is 10.5. The van der Waals surface area contributed by atoms with E-state index in [4.69, 9.17) is 4.74 Å². The second-order valence-corrected chi connectivity index (χ2v) is 7.30. The van der Waals surface area contributed by atoms with E-state index >= 15 is 0 Å². The molecule has 0 unspecified atom stereocenters. The highest BCUT2D eigenvalue weighted by Crippen LogP contribution is 2.29. The lowest BCUT2D eigenvalue weighted by Crippen LogP contribution is -1.96. The van der Waals surface area contributed by atoms with E-state index < -0.39 is 4.92 Å². The number of allylic oxidation sites excluding steroid dienone is 1. The summed E-state index contributed by atoms with van der Waals surface area (Å²) in [6.45, 7) is 2.49. The van der Waals surface area contributed by atoms with Crippen molar-refractivity contribution in [1.29, 1.82) is 5.26 Å². The molecule has 0 N–H and O–H groups in total. The van der Waals surface area contributed by atoms with Crippen molar-refractivity contribution < 1.29 is 9.66 Å². The monoisotopic (exact) mass is 448 g/mol. The Bertz CT molecular complexity index is 1130. The van der Waals surface area contributed by atoms with Gasteiger partial charge in [0, 0.05) is 12.1 Å². The topological polar surface area (TPSA) is 76.2 Å². The molecule has 0 radical (unpaired) electrons. The van der Waals surface area contributed by atoms with Gasteiger partial charge in [0.2, 0.25) is 0 Å². The first kappa shape index (κ1) is 20.3. The van der Waals surface area contributed by atoms with E-state index in [2.05, 4.69) is 28.1 Å². The van der Waals surface area contributed by atoms with Gasteiger partial charge in [-0.2, -0.15) is 5.26 Å². The van der Waals surface area contributed by atoms with Crippen molar-refractivity contribution >= 4 is 33.3 Å². The lowest BCUT2D eigenvalue weighted by atomic mass is 10.0. The van der Waals surface area contributed by atoms with Crippen LogP contribution >= 0.6 is 15.9 Å². The molecule has 6 heteroatoms. The second kappa shape index (κ2) is 9.18. The van der Waals surface area contributed by atoms with Crippen LogP contribution in [0.1, 0.15) is 22.3 Å². The summed E-state index contributed by atoms with van der Waals surface area (Å²) in [6.07, 6.45) is 1.69. The zero-order valence-corrected chi connectivity index (χ0v) is 17.2. The molecule has 0 spiro atoms. The van der Waals surface area contributed by atoms with Crippen molar-refractivity contribution in [3.8, 4) is 11.8 Å². The van der Waals surface area contributed by atoms with Gasteiger partial charge in [0.25, 0.3) is 5.69 Å². The summed E-state index contributed by atoms with van der Waals surface area (Å²) in [5.74, 6) is 0.692. The van der Waals surface area contributed by atoms with Crippen LogP contribution in [0.2, 0.25) is 0 Å². The maximum Gasteiger partial charge on any atom is 0.270 e. The smallest absolute Gasteiger partial charge is 0.270 e.